The van der Waals surface area contributed by atoms with Gasteiger partial charge in [0.2, 0.25) is 0 Å². The largest absolute Gasteiger partial charge is 0.493 e. The predicted octanol–water partition coefficient (Wildman–Crippen LogP) is 3.40. The molecule has 0 fully saturated rings. The van der Waals surface area contributed by atoms with E-state index in [1.807, 2.05) is 6.07 Å². The van der Waals surface area contributed by atoms with E-state index in [1.165, 1.54) is 16.7 Å². The van der Waals surface area contributed by atoms with Gasteiger partial charge in [0.05, 0.1) is 13.2 Å². The summed E-state index contributed by atoms with van der Waals surface area (Å²) >= 11 is 0. The van der Waals surface area contributed by atoms with Gasteiger partial charge in [-0.1, -0.05) is 36.4 Å². The Morgan fingerprint density at radius 3 is 2.50 bits per heavy atom. The molecule has 22 heavy (non-hydrogen) atoms. The number of aryl methyl sites for hydroxylation is 1. The van der Waals surface area contributed by atoms with E-state index in [0.29, 0.717) is 6.54 Å². The van der Waals surface area contributed by atoms with Crippen LogP contribution in [0.25, 0.3) is 11.1 Å². The summed E-state index contributed by atoms with van der Waals surface area (Å²) in [4.78, 5) is 0. The van der Waals surface area contributed by atoms with E-state index in [1.54, 1.807) is 0 Å². The third kappa shape index (κ3) is 5.17. The summed E-state index contributed by atoms with van der Waals surface area (Å²) < 4.78 is 5.86. The molecule has 0 radical (unpaired) electrons. The Balaban J connectivity index is 1.80. The van der Waals surface area contributed by atoms with Gasteiger partial charge < -0.3 is 15.2 Å². The Morgan fingerprint density at radius 1 is 0.955 bits per heavy atom. The van der Waals surface area contributed by atoms with Crippen molar-refractivity contribution in [1.29, 1.82) is 0 Å². The number of rotatable bonds is 9. The maximum Gasteiger partial charge on any atom is 0.122 e. The minimum absolute atomic E-state index is 0.198. The van der Waals surface area contributed by atoms with Crippen molar-refractivity contribution < 1.29 is 9.84 Å². The summed E-state index contributed by atoms with van der Waals surface area (Å²) in [6.07, 6.45) is 2.07. The lowest BCUT2D eigenvalue weighted by Crippen LogP contribution is -2.19. The molecule has 0 aromatic heterocycles. The van der Waals surface area contributed by atoms with Crippen molar-refractivity contribution in [2.45, 2.75) is 19.8 Å². The van der Waals surface area contributed by atoms with Gasteiger partial charge in [0.1, 0.15) is 5.75 Å². The van der Waals surface area contributed by atoms with Crippen molar-refractivity contribution in [3.8, 4) is 16.9 Å². The summed E-state index contributed by atoms with van der Waals surface area (Å²) in [5.41, 5.74) is 3.62. The van der Waals surface area contributed by atoms with Crippen molar-refractivity contribution in [3.05, 3.63) is 54.1 Å². The number of hydrogen-bond acceptors (Lipinski definition) is 3. The molecular formula is C19H25NO2. The summed E-state index contributed by atoms with van der Waals surface area (Å²) in [6, 6.07) is 16.7. The minimum Gasteiger partial charge on any atom is -0.493 e. The van der Waals surface area contributed by atoms with Gasteiger partial charge in [-0.2, -0.15) is 0 Å². The molecule has 0 amide bonds. The van der Waals surface area contributed by atoms with Crippen molar-refractivity contribution in [3.63, 3.8) is 0 Å². The average molecular weight is 299 g/mol. The fourth-order valence-electron chi connectivity index (χ4n) is 2.36. The van der Waals surface area contributed by atoms with Gasteiger partial charge >= 0.3 is 0 Å². The number of benzene rings is 2. The number of aliphatic hydroxyl groups is 1. The van der Waals surface area contributed by atoms with Gasteiger partial charge in [-0.3, -0.25) is 0 Å². The van der Waals surface area contributed by atoms with Crippen LogP contribution in [0, 0.1) is 6.92 Å². The van der Waals surface area contributed by atoms with Crippen LogP contribution in [0.15, 0.2) is 48.5 Å². The van der Waals surface area contributed by atoms with Crippen molar-refractivity contribution >= 4 is 0 Å². The zero-order valence-corrected chi connectivity index (χ0v) is 13.2. The Morgan fingerprint density at radius 2 is 1.77 bits per heavy atom. The molecule has 0 aliphatic heterocycles. The second kappa shape index (κ2) is 9.23. The number of hydrogen-bond donors (Lipinski definition) is 2. The molecule has 0 unspecified atom stereocenters. The third-order valence-electron chi connectivity index (χ3n) is 3.58. The van der Waals surface area contributed by atoms with Gasteiger partial charge in [-0.25, -0.2) is 0 Å². The Bertz CT molecular complexity index is 555. The fraction of sp³-hybridized carbons (Fsp3) is 0.368. The molecule has 2 aromatic carbocycles. The molecule has 118 valence electrons. The van der Waals surface area contributed by atoms with Crippen LogP contribution in [0.2, 0.25) is 0 Å². The quantitative estimate of drug-likeness (QED) is 0.697. The molecule has 2 rings (SSSR count). The van der Waals surface area contributed by atoms with E-state index in [-0.39, 0.29) is 6.61 Å². The van der Waals surface area contributed by atoms with E-state index in [9.17, 15) is 0 Å². The van der Waals surface area contributed by atoms with E-state index in [4.69, 9.17) is 9.84 Å². The van der Waals surface area contributed by atoms with E-state index < -0.39 is 0 Å². The van der Waals surface area contributed by atoms with Gasteiger partial charge in [0, 0.05) is 6.54 Å². The van der Waals surface area contributed by atoms with E-state index in [2.05, 4.69) is 54.7 Å². The summed E-state index contributed by atoms with van der Waals surface area (Å²) in [7, 11) is 0. The number of unbranched alkanes of at least 4 members (excludes halogenated alkanes) is 1. The normalized spacial score (nSPS) is 10.6. The fourth-order valence-corrected chi connectivity index (χ4v) is 2.36. The first-order valence-electron chi connectivity index (χ1n) is 7.91. The van der Waals surface area contributed by atoms with E-state index >= 15 is 0 Å². The average Bonchev–Trinajstić information content (AvgIpc) is 2.56. The zero-order valence-electron chi connectivity index (χ0n) is 13.2. The first kappa shape index (κ1) is 16.5. The monoisotopic (exact) mass is 299 g/mol. The van der Waals surface area contributed by atoms with Gasteiger partial charge in [-0.05, 0) is 55.1 Å². The minimum atomic E-state index is 0.198. The first-order valence-corrected chi connectivity index (χ1v) is 7.91. The van der Waals surface area contributed by atoms with Crippen LogP contribution in [-0.4, -0.2) is 31.4 Å². The third-order valence-corrected chi connectivity index (χ3v) is 3.58. The van der Waals surface area contributed by atoms with Gasteiger partial charge in [0.25, 0.3) is 0 Å². The SMILES string of the molecule is Cc1cc(-c2ccccc2)ccc1OCCCCNCCO. The highest BCUT2D eigenvalue weighted by Crippen LogP contribution is 2.26. The molecule has 0 aliphatic rings. The predicted molar refractivity (Wildman–Crippen MR) is 91.3 cm³/mol. The summed E-state index contributed by atoms with van der Waals surface area (Å²) in [5, 5.41) is 11.8. The van der Waals surface area contributed by atoms with Crippen LogP contribution in [0.3, 0.4) is 0 Å². The molecule has 3 heteroatoms. The molecule has 0 spiro atoms. The van der Waals surface area contributed by atoms with Crippen LogP contribution in [-0.2, 0) is 0 Å². The van der Waals surface area contributed by atoms with Crippen LogP contribution < -0.4 is 10.1 Å². The Labute approximate surface area is 133 Å². The second-order valence-corrected chi connectivity index (χ2v) is 5.38. The van der Waals surface area contributed by atoms with Crippen LogP contribution >= 0.6 is 0 Å². The Kier molecular flexibility index (Phi) is 6.94. The van der Waals surface area contributed by atoms with E-state index in [0.717, 1.165) is 31.7 Å². The zero-order chi connectivity index (χ0) is 15.6. The molecule has 3 nitrogen and oxygen atoms in total. The molecule has 2 N–H and O–H groups in total. The molecular weight excluding hydrogens is 274 g/mol. The maximum absolute atomic E-state index is 8.67. The van der Waals surface area contributed by atoms with Crippen molar-refractivity contribution in [2.75, 3.05) is 26.3 Å². The smallest absolute Gasteiger partial charge is 0.122 e. The van der Waals surface area contributed by atoms with Crippen LogP contribution in [0.1, 0.15) is 18.4 Å². The van der Waals surface area contributed by atoms with Crippen LogP contribution in [0.4, 0.5) is 0 Å². The lowest BCUT2D eigenvalue weighted by atomic mass is 10.0. The number of aliphatic hydroxyl groups excluding tert-OH is 1. The molecule has 0 saturated heterocycles. The molecule has 0 saturated carbocycles. The molecule has 0 heterocycles. The lowest BCUT2D eigenvalue weighted by Gasteiger charge is -2.11. The molecule has 0 atom stereocenters. The summed E-state index contributed by atoms with van der Waals surface area (Å²) in [5.74, 6) is 0.961. The highest BCUT2D eigenvalue weighted by Gasteiger charge is 2.03. The first-order chi connectivity index (χ1) is 10.8. The van der Waals surface area contributed by atoms with Gasteiger partial charge in [0.15, 0.2) is 0 Å². The summed E-state index contributed by atoms with van der Waals surface area (Å²) in [6.45, 7) is 4.61. The lowest BCUT2D eigenvalue weighted by molar-refractivity contribution is 0.286. The van der Waals surface area contributed by atoms with Crippen molar-refractivity contribution in [1.82, 2.24) is 5.32 Å². The standard InChI is InChI=1S/C19H25NO2/c1-16-15-18(17-7-3-2-4-8-17)9-10-19(16)22-14-6-5-11-20-12-13-21/h2-4,7-10,15,20-21H,5-6,11-14H2,1H3. The topological polar surface area (TPSA) is 41.5 Å². The van der Waals surface area contributed by atoms with Crippen LogP contribution in [0.5, 0.6) is 5.75 Å². The Hall–Kier alpha value is -1.84. The highest BCUT2D eigenvalue weighted by molar-refractivity contribution is 5.65. The van der Waals surface area contributed by atoms with Crippen molar-refractivity contribution in [2.24, 2.45) is 0 Å². The number of ether oxygens (including phenoxy) is 1. The molecule has 2 aromatic rings. The molecule has 0 aliphatic carbocycles. The van der Waals surface area contributed by atoms with Gasteiger partial charge in [-0.15, -0.1) is 0 Å². The maximum atomic E-state index is 8.67. The second-order valence-electron chi connectivity index (χ2n) is 5.38. The molecule has 0 bridgehead atoms. The number of nitrogens with one attached hydrogen (secondary N) is 1. The highest BCUT2D eigenvalue weighted by atomic mass is 16.5.